The fourth-order valence-electron chi connectivity index (χ4n) is 2.09. The van der Waals surface area contributed by atoms with E-state index in [9.17, 15) is 0 Å². The molecule has 0 aliphatic rings. The van der Waals surface area contributed by atoms with Gasteiger partial charge in [-0.15, -0.1) is 0 Å². The lowest BCUT2D eigenvalue weighted by molar-refractivity contribution is 0.394. The molecule has 5 heteroatoms. The third-order valence-electron chi connectivity index (χ3n) is 3.20. The van der Waals surface area contributed by atoms with Gasteiger partial charge in [-0.05, 0) is 24.3 Å². The number of para-hydroxylation sites is 2. The minimum absolute atomic E-state index is 0.711. The summed E-state index contributed by atoms with van der Waals surface area (Å²) in [7, 11) is 3.25. The maximum Gasteiger partial charge on any atom is 0.131 e. The van der Waals surface area contributed by atoms with Crippen LogP contribution in [0.25, 0.3) is 11.0 Å². The molecule has 0 amide bonds. The van der Waals surface area contributed by atoms with Crippen molar-refractivity contribution in [3.8, 4) is 11.5 Å². The molecule has 2 aromatic carbocycles. The minimum Gasteiger partial charge on any atom is -0.497 e. The molecule has 1 heterocycles. The van der Waals surface area contributed by atoms with E-state index in [1.165, 1.54) is 0 Å². The van der Waals surface area contributed by atoms with Crippen LogP contribution in [-0.4, -0.2) is 30.1 Å². The zero-order chi connectivity index (χ0) is 14.7. The third kappa shape index (κ3) is 2.58. The van der Waals surface area contributed by atoms with E-state index in [2.05, 4.69) is 10.1 Å². The van der Waals surface area contributed by atoms with Gasteiger partial charge in [-0.3, -0.25) is 0 Å². The van der Waals surface area contributed by atoms with Crippen LogP contribution in [0.4, 0.5) is 0 Å². The van der Waals surface area contributed by atoms with Crippen LogP contribution >= 0.6 is 0 Å². The van der Waals surface area contributed by atoms with Crippen molar-refractivity contribution in [3.63, 3.8) is 0 Å². The summed E-state index contributed by atoms with van der Waals surface area (Å²) < 4.78 is 12.3. The molecule has 0 atom stereocenters. The van der Waals surface area contributed by atoms with Crippen molar-refractivity contribution in [2.75, 3.05) is 14.2 Å². The molecule has 3 rings (SSSR count). The minimum atomic E-state index is 0.711. The molecule has 0 unspecified atom stereocenters. The Morgan fingerprint density at radius 1 is 1.10 bits per heavy atom. The SMILES string of the molecule is COc1ccc(/C=N\n2cnc3ccccc32)c(OC)c1. The molecule has 0 saturated heterocycles. The van der Waals surface area contributed by atoms with Crippen molar-refractivity contribution in [1.29, 1.82) is 0 Å². The second-order valence-corrected chi connectivity index (χ2v) is 4.43. The Hall–Kier alpha value is -2.82. The van der Waals surface area contributed by atoms with Gasteiger partial charge < -0.3 is 9.47 Å². The first-order chi connectivity index (χ1) is 10.3. The Labute approximate surface area is 122 Å². The van der Waals surface area contributed by atoms with Crippen LogP contribution in [0.2, 0.25) is 0 Å². The van der Waals surface area contributed by atoms with E-state index >= 15 is 0 Å². The van der Waals surface area contributed by atoms with Crippen molar-refractivity contribution in [2.45, 2.75) is 0 Å². The van der Waals surface area contributed by atoms with Crippen LogP contribution < -0.4 is 9.47 Å². The Bertz CT molecular complexity index is 793. The molecule has 3 aromatic rings. The Balaban J connectivity index is 1.96. The Kier molecular flexibility index (Phi) is 3.55. The summed E-state index contributed by atoms with van der Waals surface area (Å²) >= 11 is 0. The Morgan fingerprint density at radius 2 is 1.95 bits per heavy atom. The summed E-state index contributed by atoms with van der Waals surface area (Å²) in [5.41, 5.74) is 2.74. The summed E-state index contributed by atoms with van der Waals surface area (Å²) in [6.45, 7) is 0. The van der Waals surface area contributed by atoms with Crippen LogP contribution in [0, 0.1) is 0 Å². The summed E-state index contributed by atoms with van der Waals surface area (Å²) in [6.07, 6.45) is 3.43. The van der Waals surface area contributed by atoms with Crippen molar-refractivity contribution in [1.82, 2.24) is 9.66 Å². The van der Waals surface area contributed by atoms with Gasteiger partial charge in [-0.25, -0.2) is 9.66 Å². The van der Waals surface area contributed by atoms with Crippen LogP contribution in [0.3, 0.4) is 0 Å². The van der Waals surface area contributed by atoms with Gasteiger partial charge in [0.1, 0.15) is 17.8 Å². The first-order valence-corrected chi connectivity index (χ1v) is 6.50. The smallest absolute Gasteiger partial charge is 0.131 e. The number of ether oxygens (including phenoxy) is 2. The van der Waals surface area contributed by atoms with Gasteiger partial charge in [0.15, 0.2) is 0 Å². The topological polar surface area (TPSA) is 48.6 Å². The lowest BCUT2D eigenvalue weighted by Gasteiger charge is -2.06. The average Bonchev–Trinajstić information content (AvgIpc) is 2.96. The molecule has 21 heavy (non-hydrogen) atoms. The van der Waals surface area contributed by atoms with Gasteiger partial charge in [-0.2, -0.15) is 5.10 Å². The lowest BCUT2D eigenvalue weighted by Crippen LogP contribution is -1.94. The van der Waals surface area contributed by atoms with Gasteiger partial charge >= 0.3 is 0 Å². The van der Waals surface area contributed by atoms with E-state index in [-0.39, 0.29) is 0 Å². The molecule has 0 saturated carbocycles. The number of imidazole rings is 1. The van der Waals surface area contributed by atoms with Crippen molar-refractivity contribution < 1.29 is 9.47 Å². The number of fused-ring (bicyclic) bond motifs is 1. The number of nitrogens with zero attached hydrogens (tertiary/aromatic N) is 3. The largest absolute Gasteiger partial charge is 0.497 e. The van der Waals surface area contributed by atoms with Crippen LogP contribution in [0.1, 0.15) is 5.56 Å². The highest BCUT2D eigenvalue weighted by Gasteiger charge is 2.03. The van der Waals surface area contributed by atoms with E-state index in [0.717, 1.165) is 22.3 Å². The molecule has 0 fully saturated rings. The predicted molar refractivity (Wildman–Crippen MR) is 82.3 cm³/mol. The quantitative estimate of drug-likeness (QED) is 0.691. The van der Waals surface area contributed by atoms with E-state index in [0.29, 0.717) is 5.75 Å². The lowest BCUT2D eigenvalue weighted by atomic mass is 10.2. The van der Waals surface area contributed by atoms with Gasteiger partial charge in [0.2, 0.25) is 0 Å². The molecule has 0 N–H and O–H groups in total. The molecule has 0 radical (unpaired) electrons. The van der Waals surface area contributed by atoms with Gasteiger partial charge in [-0.1, -0.05) is 12.1 Å². The zero-order valence-corrected chi connectivity index (χ0v) is 11.9. The van der Waals surface area contributed by atoms with Gasteiger partial charge in [0.25, 0.3) is 0 Å². The molecule has 0 spiro atoms. The number of benzene rings is 2. The zero-order valence-electron chi connectivity index (χ0n) is 11.9. The second-order valence-electron chi connectivity index (χ2n) is 4.43. The maximum absolute atomic E-state index is 5.35. The fourth-order valence-corrected chi connectivity index (χ4v) is 2.09. The molecule has 0 aliphatic heterocycles. The van der Waals surface area contributed by atoms with E-state index in [4.69, 9.17) is 9.47 Å². The fraction of sp³-hybridized carbons (Fsp3) is 0.125. The van der Waals surface area contributed by atoms with E-state index < -0.39 is 0 Å². The van der Waals surface area contributed by atoms with Crippen LogP contribution in [-0.2, 0) is 0 Å². The van der Waals surface area contributed by atoms with Crippen molar-refractivity contribution in [2.24, 2.45) is 5.10 Å². The van der Waals surface area contributed by atoms with E-state index in [1.807, 2.05) is 42.5 Å². The van der Waals surface area contributed by atoms with E-state index in [1.54, 1.807) is 31.4 Å². The molecular formula is C16H15N3O2. The number of aromatic nitrogens is 2. The first kappa shape index (κ1) is 13.2. The highest BCUT2D eigenvalue weighted by molar-refractivity contribution is 5.84. The second kappa shape index (κ2) is 5.66. The third-order valence-corrected chi connectivity index (χ3v) is 3.20. The molecule has 1 aromatic heterocycles. The molecule has 0 aliphatic carbocycles. The number of hydrogen-bond acceptors (Lipinski definition) is 4. The monoisotopic (exact) mass is 281 g/mol. The van der Waals surface area contributed by atoms with Gasteiger partial charge in [0.05, 0.1) is 31.5 Å². The molecule has 106 valence electrons. The van der Waals surface area contributed by atoms with Crippen molar-refractivity contribution >= 4 is 17.2 Å². The number of methoxy groups -OCH3 is 2. The summed E-state index contributed by atoms with van der Waals surface area (Å²) in [4.78, 5) is 4.30. The van der Waals surface area contributed by atoms with Crippen LogP contribution in [0.15, 0.2) is 53.9 Å². The van der Waals surface area contributed by atoms with Gasteiger partial charge in [0, 0.05) is 11.6 Å². The summed E-state index contributed by atoms with van der Waals surface area (Å²) in [5, 5.41) is 4.44. The highest BCUT2D eigenvalue weighted by atomic mass is 16.5. The summed E-state index contributed by atoms with van der Waals surface area (Å²) in [6, 6.07) is 13.4. The average molecular weight is 281 g/mol. The summed E-state index contributed by atoms with van der Waals surface area (Å²) in [5.74, 6) is 1.46. The number of rotatable bonds is 4. The molecule has 0 bridgehead atoms. The predicted octanol–water partition coefficient (Wildman–Crippen LogP) is 2.94. The standard InChI is InChI=1S/C16H15N3O2/c1-20-13-8-7-12(16(9-13)21-2)10-18-19-11-17-14-5-3-4-6-15(14)19/h3-11H,1-2H3/b18-10-. The normalized spacial score (nSPS) is 11.1. The highest BCUT2D eigenvalue weighted by Crippen LogP contribution is 2.23. The maximum atomic E-state index is 5.35. The van der Waals surface area contributed by atoms with Crippen molar-refractivity contribution in [3.05, 3.63) is 54.4 Å². The molecular weight excluding hydrogens is 266 g/mol. The molecule has 5 nitrogen and oxygen atoms in total. The number of hydrogen-bond donors (Lipinski definition) is 0. The Morgan fingerprint density at radius 3 is 2.76 bits per heavy atom. The first-order valence-electron chi connectivity index (χ1n) is 6.50. The van der Waals surface area contributed by atoms with Crippen LogP contribution in [0.5, 0.6) is 11.5 Å².